The zero-order valence-corrected chi connectivity index (χ0v) is 17.2. The first-order chi connectivity index (χ1) is 15.3. The number of fused-ring (bicyclic) bond motifs is 3. The van der Waals surface area contributed by atoms with E-state index in [-0.39, 0.29) is 17.6 Å². The Hall–Kier alpha value is -3.20. The number of likely N-dealkylation sites (tertiary alicyclic amines) is 1. The molecule has 6 nitrogen and oxygen atoms in total. The number of pyridine rings is 2. The third-order valence-corrected chi connectivity index (χ3v) is 6.22. The van der Waals surface area contributed by atoms with Gasteiger partial charge in [-0.3, -0.25) is 4.79 Å². The van der Waals surface area contributed by atoms with Gasteiger partial charge in [-0.05, 0) is 48.6 Å². The molecule has 2 aliphatic heterocycles. The maximum atomic E-state index is 13.4. The molecule has 1 fully saturated rings. The van der Waals surface area contributed by atoms with E-state index in [1.165, 1.54) is 18.3 Å². The number of amides is 1. The monoisotopic (exact) mass is 442 g/mol. The number of hydrogen-bond donors (Lipinski definition) is 1. The molecular formula is C23H21F3N4O2. The Morgan fingerprint density at radius 2 is 1.88 bits per heavy atom. The van der Waals surface area contributed by atoms with Crippen molar-refractivity contribution in [2.24, 2.45) is 0 Å². The van der Waals surface area contributed by atoms with Crippen LogP contribution in [-0.4, -0.2) is 27.3 Å². The number of carbonyl (C=O) groups excluding carboxylic acids is 1. The van der Waals surface area contributed by atoms with Crippen LogP contribution in [0.5, 0.6) is 0 Å². The van der Waals surface area contributed by atoms with Gasteiger partial charge in [-0.1, -0.05) is 12.1 Å². The molecule has 166 valence electrons. The maximum absolute atomic E-state index is 13.4. The van der Waals surface area contributed by atoms with Crippen LogP contribution in [0.25, 0.3) is 10.9 Å². The van der Waals surface area contributed by atoms with Crippen LogP contribution in [0.3, 0.4) is 0 Å². The largest absolute Gasteiger partial charge is 0.416 e. The molecule has 0 aliphatic carbocycles. The Labute approximate surface area is 182 Å². The fourth-order valence-corrected chi connectivity index (χ4v) is 4.55. The number of alkyl halides is 3. The lowest BCUT2D eigenvalue weighted by atomic mass is 9.94. The van der Waals surface area contributed by atoms with Gasteiger partial charge in [0, 0.05) is 17.5 Å². The van der Waals surface area contributed by atoms with E-state index in [9.17, 15) is 18.0 Å². The molecule has 2 N–H and O–H groups in total. The molecule has 1 aromatic carbocycles. The van der Waals surface area contributed by atoms with Crippen LogP contribution in [0, 0.1) is 0 Å². The minimum atomic E-state index is -4.39. The first-order valence-electron chi connectivity index (χ1n) is 10.5. The third-order valence-electron chi connectivity index (χ3n) is 6.22. The van der Waals surface area contributed by atoms with Crippen LogP contribution in [0.4, 0.5) is 19.0 Å². The second kappa shape index (κ2) is 7.74. The van der Waals surface area contributed by atoms with Gasteiger partial charge in [0.1, 0.15) is 11.5 Å². The number of anilines is 1. The Bertz CT molecular complexity index is 1190. The van der Waals surface area contributed by atoms with Crippen molar-refractivity contribution in [1.82, 2.24) is 14.9 Å². The standard InChI is InChI=1S/C23H21F3N4O2/c24-23(25,26)14-6-4-13(5-7-14)20-3-1-2-8-30(20)22(31)18-9-15-16-11-32-12-17(16)21(27)29-19(15)10-28-18/h4-7,9-10,20H,1-3,8,11-12H2,(H2,27,29)/t20-/m0/s1. The highest BCUT2D eigenvalue weighted by Crippen LogP contribution is 2.36. The SMILES string of the molecule is Nc1nc2cnc(C(=O)N3CCCC[C@H]3c3ccc(C(F)(F)F)cc3)cc2c2c1COC2. The lowest BCUT2D eigenvalue weighted by Crippen LogP contribution is -2.39. The molecule has 0 spiro atoms. The summed E-state index contributed by atoms with van der Waals surface area (Å²) >= 11 is 0. The number of nitrogens with zero attached hydrogens (tertiary/aromatic N) is 3. The summed E-state index contributed by atoms with van der Waals surface area (Å²) in [7, 11) is 0. The number of benzene rings is 1. The predicted molar refractivity (Wildman–Crippen MR) is 112 cm³/mol. The molecule has 1 amide bonds. The van der Waals surface area contributed by atoms with Crippen molar-refractivity contribution in [2.45, 2.75) is 44.7 Å². The van der Waals surface area contributed by atoms with Crippen molar-refractivity contribution < 1.29 is 22.7 Å². The zero-order valence-electron chi connectivity index (χ0n) is 17.2. The summed E-state index contributed by atoms with van der Waals surface area (Å²) in [6.07, 6.45) is -0.440. The fourth-order valence-electron chi connectivity index (χ4n) is 4.55. The minimum absolute atomic E-state index is 0.249. The molecule has 2 aliphatic rings. The summed E-state index contributed by atoms with van der Waals surface area (Å²) in [6, 6.07) is 6.49. The molecule has 0 saturated carbocycles. The molecular weight excluding hydrogens is 421 g/mol. The number of nitrogens with two attached hydrogens (primary N) is 1. The smallest absolute Gasteiger partial charge is 0.383 e. The van der Waals surface area contributed by atoms with E-state index in [4.69, 9.17) is 10.5 Å². The van der Waals surface area contributed by atoms with Gasteiger partial charge in [0.25, 0.3) is 5.91 Å². The van der Waals surface area contributed by atoms with Crippen LogP contribution in [-0.2, 0) is 24.1 Å². The number of rotatable bonds is 2. The number of aromatic nitrogens is 2. The molecule has 2 aromatic heterocycles. The van der Waals surface area contributed by atoms with E-state index in [2.05, 4.69) is 9.97 Å². The van der Waals surface area contributed by atoms with Crippen molar-refractivity contribution in [3.05, 3.63) is 64.5 Å². The van der Waals surface area contributed by atoms with Crippen molar-refractivity contribution >= 4 is 22.6 Å². The van der Waals surface area contributed by atoms with E-state index in [1.807, 2.05) is 0 Å². The first-order valence-corrected chi connectivity index (χ1v) is 10.5. The summed E-state index contributed by atoms with van der Waals surface area (Å²) in [6.45, 7) is 1.30. The van der Waals surface area contributed by atoms with Gasteiger partial charge in [0.15, 0.2) is 0 Å². The lowest BCUT2D eigenvalue weighted by molar-refractivity contribution is -0.137. The van der Waals surface area contributed by atoms with E-state index in [1.54, 1.807) is 11.0 Å². The summed E-state index contributed by atoms with van der Waals surface area (Å²) in [5.41, 5.74) is 8.63. The van der Waals surface area contributed by atoms with Crippen molar-refractivity contribution in [3.8, 4) is 0 Å². The second-order valence-electron chi connectivity index (χ2n) is 8.16. The number of halogens is 3. The van der Waals surface area contributed by atoms with Gasteiger partial charge in [0.2, 0.25) is 0 Å². The van der Waals surface area contributed by atoms with Crippen molar-refractivity contribution in [3.63, 3.8) is 0 Å². The van der Waals surface area contributed by atoms with Gasteiger partial charge >= 0.3 is 6.18 Å². The molecule has 1 saturated heterocycles. The molecule has 5 rings (SSSR count). The highest BCUT2D eigenvalue weighted by atomic mass is 19.4. The normalized spacial score (nSPS) is 18.7. The van der Waals surface area contributed by atoms with E-state index >= 15 is 0 Å². The topological polar surface area (TPSA) is 81.3 Å². The average Bonchev–Trinajstić information content (AvgIpc) is 3.29. The number of ether oxygens (including phenoxy) is 1. The summed E-state index contributed by atoms with van der Waals surface area (Å²) in [5, 5.41) is 0.785. The number of carbonyl (C=O) groups is 1. The van der Waals surface area contributed by atoms with Gasteiger partial charge < -0.3 is 15.4 Å². The van der Waals surface area contributed by atoms with Crippen LogP contribution in [0.2, 0.25) is 0 Å². The van der Waals surface area contributed by atoms with E-state index in [0.29, 0.717) is 43.1 Å². The molecule has 0 bridgehead atoms. The molecule has 0 unspecified atom stereocenters. The van der Waals surface area contributed by atoms with Crippen LogP contribution in [0.15, 0.2) is 36.5 Å². The number of nitrogen functional groups attached to an aromatic ring is 1. The first kappa shape index (κ1) is 20.7. The van der Waals surface area contributed by atoms with Gasteiger partial charge in [-0.2, -0.15) is 13.2 Å². The molecule has 0 radical (unpaired) electrons. The van der Waals surface area contributed by atoms with Crippen molar-refractivity contribution in [2.75, 3.05) is 12.3 Å². The Balaban J connectivity index is 1.48. The Morgan fingerprint density at radius 1 is 1.12 bits per heavy atom. The van der Waals surface area contributed by atoms with Crippen LogP contribution in [0.1, 0.15) is 58.0 Å². The summed E-state index contributed by atoms with van der Waals surface area (Å²) in [4.78, 5) is 23.8. The van der Waals surface area contributed by atoms with Gasteiger partial charge in [0.05, 0.1) is 36.5 Å². The van der Waals surface area contributed by atoms with Crippen molar-refractivity contribution in [1.29, 1.82) is 0 Å². The zero-order chi connectivity index (χ0) is 22.5. The van der Waals surface area contributed by atoms with Crippen LogP contribution >= 0.6 is 0 Å². The summed E-state index contributed by atoms with van der Waals surface area (Å²) in [5.74, 6) is 0.158. The molecule has 4 heterocycles. The van der Waals surface area contributed by atoms with Crippen LogP contribution < -0.4 is 5.73 Å². The molecule has 32 heavy (non-hydrogen) atoms. The highest BCUT2D eigenvalue weighted by molar-refractivity contribution is 5.97. The number of piperidine rings is 1. The molecule has 1 atom stereocenters. The van der Waals surface area contributed by atoms with E-state index < -0.39 is 11.7 Å². The predicted octanol–water partition coefficient (Wildman–Crippen LogP) is 4.63. The minimum Gasteiger partial charge on any atom is -0.383 e. The third kappa shape index (κ3) is 3.56. The Morgan fingerprint density at radius 3 is 2.62 bits per heavy atom. The average molecular weight is 442 g/mol. The number of hydrogen-bond acceptors (Lipinski definition) is 5. The second-order valence-corrected chi connectivity index (χ2v) is 8.16. The van der Waals surface area contributed by atoms with Gasteiger partial charge in [-0.25, -0.2) is 9.97 Å². The Kier molecular flexibility index (Phi) is 5.00. The molecule has 3 aromatic rings. The highest BCUT2D eigenvalue weighted by Gasteiger charge is 2.33. The lowest BCUT2D eigenvalue weighted by Gasteiger charge is -2.36. The quantitative estimate of drug-likeness (QED) is 0.626. The fraction of sp³-hybridized carbons (Fsp3) is 0.348. The van der Waals surface area contributed by atoms with E-state index in [0.717, 1.165) is 41.5 Å². The summed E-state index contributed by atoms with van der Waals surface area (Å²) < 4.78 is 44.3. The maximum Gasteiger partial charge on any atom is 0.416 e. The molecule has 9 heteroatoms. The van der Waals surface area contributed by atoms with Gasteiger partial charge in [-0.15, -0.1) is 0 Å².